The molecule has 0 N–H and O–H groups in total. The number of benzene rings is 2. The zero-order chi connectivity index (χ0) is 15.2. The molecule has 0 heterocycles. The number of methoxy groups -OCH3 is 1. The Kier molecular flexibility index (Phi) is 4.99. The molecule has 0 radical (unpaired) electrons. The van der Waals surface area contributed by atoms with Gasteiger partial charge in [0.25, 0.3) is 0 Å². The van der Waals surface area contributed by atoms with Gasteiger partial charge in [-0.05, 0) is 32.0 Å². The van der Waals surface area contributed by atoms with Gasteiger partial charge in [0.15, 0.2) is 5.78 Å². The summed E-state index contributed by atoms with van der Waals surface area (Å²) in [5.74, 6) is 1.50. The van der Waals surface area contributed by atoms with Gasteiger partial charge in [-0.3, -0.25) is 4.79 Å². The number of ether oxygens (including phenoxy) is 2. The molecule has 3 heteroatoms. The lowest BCUT2D eigenvalue weighted by Gasteiger charge is -2.11. The first-order valence-corrected chi connectivity index (χ1v) is 7.02. The second-order valence-electron chi connectivity index (χ2n) is 5.11. The summed E-state index contributed by atoms with van der Waals surface area (Å²) in [5, 5.41) is 0. The van der Waals surface area contributed by atoms with Crippen LogP contribution in [0.1, 0.15) is 29.8 Å². The molecule has 0 aliphatic heterocycles. The van der Waals surface area contributed by atoms with E-state index in [0.29, 0.717) is 12.0 Å². The highest BCUT2D eigenvalue weighted by Crippen LogP contribution is 2.21. The summed E-state index contributed by atoms with van der Waals surface area (Å²) in [6, 6.07) is 14.9. The summed E-state index contributed by atoms with van der Waals surface area (Å²) in [6.07, 6.45) is 0.402. The first-order valence-electron chi connectivity index (χ1n) is 7.02. The fourth-order valence-corrected chi connectivity index (χ4v) is 2.14. The molecular formula is C18H20O3. The number of hydrogen-bond acceptors (Lipinski definition) is 3. The highest BCUT2D eigenvalue weighted by molar-refractivity contribution is 5.98. The molecule has 0 saturated carbocycles. The molecule has 0 unspecified atom stereocenters. The zero-order valence-electron chi connectivity index (χ0n) is 12.6. The number of para-hydroxylation sites is 1. The predicted molar refractivity (Wildman–Crippen MR) is 83.2 cm³/mol. The molecule has 21 heavy (non-hydrogen) atoms. The molecule has 0 bridgehead atoms. The lowest BCUT2D eigenvalue weighted by atomic mass is 10.0. The Bertz CT molecular complexity index is 617. The van der Waals surface area contributed by atoms with Crippen LogP contribution in [0.4, 0.5) is 0 Å². The summed E-state index contributed by atoms with van der Waals surface area (Å²) in [5.41, 5.74) is 1.54. The van der Waals surface area contributed by atoms with E-state index in [1.54, 1.807) is 13.2 Å². The van der Waals surface area contributed by atoms with Gasteiger partial charge < -0.3 is 9.47 Å². The Morgan fingerprint density at radius 1 is 1.10 bits per heavy atom. The Labute approximate surface area is 125 Å². The first kappa shape index (κ1) is 15.1. The van der Waals surface area contributed by atoms with Crippen molar-refractivity contribution in [3.63, 3.8) is 0 Å². The monoisotopic (exact) mass is 284 g/mol. The van der Waals surface area contributed by atoms with Crippen LogP contribution < -0.4 is 9.47 Å². The molecule has 2 rings (SSSR count). The third kappa shape index (κ3) is 4.09. The maximum absolute atomic E-state index is 12.4. The van der Waals surface area contributed by atoms with Crippen LogP contribution in [0.25, 0.3) is 0 Å². The third-order valence-corrected chi connectivity index (χ3v) is 3.07. The van der Waals surface area contributed by atoms with Crippen LogP contribution in [0, 0.1) is 0 Å². The van der Waals surface area contributed by atoms with Gasteiger partial charge in [0.05, 0.1) is 13.2 Å². The minimum atomic E-state index is 0.0497. The van der Waals surface area contributed by atoms with Crippen LogP contribution in [0.2, 0.25) is 0 Å². The van der Waals surface area contributed by atoms with E-state index in [2.05, 4.69) is 0 Å². The van der Waals surface area contributed by atoms with E-state index in [4.69, 9.17) is 9.47 Å². The molecule has 0 aromatic heterocycles. The molecule has 0 aliphatic rings. The summed E-state index contributed by atoms with van der Waals surface area (Å²) in [7, 11) is 1.61. The van der Waals surface area contributed by atoms with Crippen molar-refractivity contribution < 1.29 is 14.3 Å². The highest BCUT2D eigenvalue weighted by atomic mass is 16.5. The van der Waals surface area contributed by atoms with Crippen LogP contribution in [0.5, 0.6) is 11.5 Å². The molecule has 2 aromatic rings. The number of carbonyl (C=O) groups is 1. The van der Waals surface area contributed by atoms with Gasteiger partial charge in [-0.25, -0.2) is 0 Å². The minimum Gasteiger partial charge on any atom is -0.496 e. The molecular weight excluding hydrogens is 264 g/mol. The number of rotatable bonds is 6. The van der Waals surface area contributed by atoms with Crippen LogP contribution in [-0.2, 0) is 6.42 Å². The summed E-state index contributed by atoms with van der Waals surface area (Å²) in [4.78, 5) is 12.4. The second-order valence-corrected chi connectivity index (χ2v) is 5.11. The quantitative estimate of drug-likeness (QED) is 0.754. The Balaban J connectivity index is 2.16. The SMILES string of the molecule is COc1ccccc1CC(=O)c1cccc(OC(C)C)c1. The molecule has 0 spiro atoms. The Morgan fingerprint density at radius 2 is 1.86 bits per heavy atom. The molecule has 0 fully saturated rings. The van der Waals surface area contributed by atoms with Crippen molar-refractivity contribution in [2.75, 3.05) is 7.11 Å². The maximum atomic E-state index is 12.4. The Morgan fingerprint density at radius 3 is 2.57 bits per heavy atom. The third-order valence-electron chi connectivity index (χ3n) is 3.07. The average Bonchev–Trinajstić information content (AvgIpc) is 2.47. The normalized spacial score (nSPS) is 10.5. The maximum Gasteiger partial charge on any atom is 0.167 e. The topological polar surface area (TPSA) is 35.5 Å². The average molecular weight is 284 g/mol. The van der Waals surface area contributed by atoms with Crippen molar-refractivity contribution in [3.8, 4) is 11.5 Å². The minimum absolute atomic E-state index is 0.0497. The largest absolute Gasteiger partial charge is 0.496 e. The van der Waals surface area contributed by atoms with E-state index < -0.39 is 0 Å². The van der Waals surface area contributed by atoms with Crippen LogP contribution >= 0.6 is 0 Å². The summed E-state index contributed by atoms with van der Waals surface area (Å²) < 4.78 is 10.9. The predicted octanol–water partition coefficient (Wildman–Crippen LogP) is 3.91. The second kappa shape index (κ2) is 6.93. The van der Waals surface area contributed by atoms with Gasteiger partial charge in [-0.15, -0.1) is 0 Å². The lowest BCUT2D eigenvalue weighted by Crippen LogP contribution is -2.08. The van der Waals surface area contributed by atoms with Crippen LogP contribution in [0.15, 0.2) is 48.5 Å². The van der Waals surface area contributed by atoms with E-state index in [9.17, 15) is 4.79 Å². The van der Waals surface area contributed by atoms with Crippen LogP contribution in [-0.4, -0.2) is 19.0 Å². The summed E-state index contributed by atoms with van der Waals surface area (Å²) in [6.45, 7) is 3.92. The summed E-state index contributed by atoms with van der Waals surface area (Å²) >= 11 is 0. The lowest BCUT2D eigenvalue weighted by molar-refractivity contribution is 0.0991. The van der Waals surface area contributed by atoms with Gasteiger partial charge in [-0.2, -0.15) is 0 Å². The van der Waals surface area contributed by atoms with Gasteiger partial charge in [-0.1, -0.05) is 30.3 Å². The zero-order valence-corrected chi connectivity index (χ0v) is 12.6. The van der Waals surface area contributed by atoms with Crippen molar-refractivity contribution in [1.29, 1.82) is 0 Å². The first-order chi connectivity index (χ1) is 10.1. The molecule has 3 nitrogen and oxygen atoms in total. The van der Waals surface area contributed by atoms with Crippen molar-refractivity contribution in [3.05, 3.63) is 59.7 Å². The van der Waals surface area contributed by atoms with E-state index >= 15 is 0 Å². The number of Topliss-reactive ketones (excluding diaryl/α,β-unsaturated/α-hetero) is 1. The van der Waals surface area contributed by atoms with E-state index in [-0.39, 0.29) is 11.9 Å². The van der Waals surface area contributed by atoms with E-state index in [1.807, 2.05) is 56.3 Å². The fraction of sp³-hybridized carbons (Fsp3) is 0.278. The van der Waals surface area contributed by atoms with Gasteiger partial charge in [0.1, 0.15) is 11.5 Å². The molecule has 0 saturated heterocycles. The molecule has 0 amide bonds. The molecule has 0 aliphatic carbocycles. The fourth-order valence-electron chi connectivity index (χ4n) is 2.14. The van der Waals surface area contributed by atoms with E-state index in [1.165, 1.54) is 0 Å². The number of hydrogen-bond donors (Lipinski definition) is 0. The van der Waals surface area contributed by atoms with Crippen molar-refractivity contribution >= 4 is 5.78 Å². The van der Waals surface area contributed by atoms with Crippen molar-refractivity contribution in [1.82, 2.24) is 0 Å². The molecule has 2 aromatic carbocycles. The number of carbonyl (C=O) groups excluding carboxylic acids is 1. The van der Waals surface area contributed by atoms with Gasteiger partial charge >= 0.3 is 0 Å². The van der Waals surface area contributed by atoms with Crippen LogP contribution in [0.3, 0.4) is 0 Å². The number of ketones is 1. The van der Waals surface area contributed by atoms with Crippen molar-refractivity contribution in [2.24, 2.45) is 0 Å². The van der Waals surface area contributed by atoms with E-state index in [0.717, 1.165) is 17.1 Å². The van der Waals surface area contributed by atoms with Gasteiger partial charge in [0.2, 0.25) is 0 Å². The van der Waals surface area contributed by atoms with Crippen molar-refractivity contribution in [2.45, 2.75) is 26.4 Å². The highest BCUT2D eigenvalue weighted by Gasteiger charge is 2.11. The molecule has 110 valence electrons. The smallest absolute Gasteiger partial charge is 0.167 e. The van der Waals surface area contributed by atoms with Gasteiger partial charge in [0, 0.05) is 17.5 Å². The standard InChI is InChI=1S/C18H20O3/c1-13(2)21-16-9-6-8-14(11-16)17(19)12-15-7-4-5-10-18(15)20-3/h4-11,13H,12H2,1-3H3. The Hall–Kier alpha value is -2.29. The molecule has 0 atom stereocenters.